The molecule has 0 atom stereocenters. The van der Waals surface area contributed by atoms with Gasteiger partial charge in [0.1, 0.15) is 6.61 Å². The molecule has 3 aromatic rings. The van der Waals surface area contributed by atoms with Crippen molar-refractivity contribution in [2.45, 2.75) is 13.2 Å². The van der Waals surface area contributed by atoms with Crippen LogP contribution in [0.25, 0.3) is 6.08 Å². The van der Waals surface area contributed by atoms with Crippen LogP contribution in [0.15, 0.2) is 59.5 Å². The molecule has 5 nitrogen and oxygen atoms in total. The number of hydrogen-bond donors (Lipinski definition) is 0. The molecule has 0 radical (unpaired) electrons. The molecule has 180 valence electrons. The fourth-order valence-electron chi connectivity index (χ4n) is 3.29. The van der Waals surface area contributed by atoms with Crippen molar-refractivity contribution in [1.29, 1.82) is 0 Å². The number of carbonyl (C=O) groups excluding carboxylic acids is 2. The number of imide groups is 1. The Hall–Kier alpha value is -2.35. The highest BCUT2D eigenvalue weighted by atomic mass is 35.5. The number of benzene rings is 3. The Morgan fingerprint density at radius 1 is 0.829 bits per heavy atom. The van der Waals surface area contributed by atoms with E-state index in [0.29, 0.717) is 47.6 Å². The smallest absolute Gasteiger partial charge is 0.293 e. The van der Waals surface area contributed by atoms with E-state index in [-0.39, 0.29) is 24.3 Å². The van der Waals surface area contributed by atoms with Gasteiger partial charge in [0.2, 0.25) is 0 Å². The summed E-state index contributed by atoms with van der Waals surface area (Å²) >= 11 is 24.9. The molecule has 1 fully saturated rings. The van der Waals surface area contributed by atoms with Crippen molar-refractivity contribution in [3.8, 4) is 11.5 Å². The van der Waals surface area contributed by atoms with Crippen LogP contribution in [0.1, 0.15) is 16.7 Å². The Kier molecular flexibility index (Phi) is 8.19. The van der Waals surface area contributed by atoms with Crippen LogP contribution in [0.2, 0.25) is 20.1 Å². The zero-order valence-corrected chi connectivity index (χ0v) is 22.0. The largest absolute Gasteiger partial charge is 0.493 e. The molecule has 0 spiro atoms. The third kappa shape index (κ3) is 6.08. The van der Waals surface area contributed by atoms with Gasteiger partial charge in [0.15, 0.2) is 11.5 Å². The number of thioether (sulfide) groups is 1. The summed E-state index contributed by atoms with van der Waals surface area (Å²) in [5.41, 5.74) is 2.23. The first-order chi connectivity index (χ1) is 16.7. The van der Waals surface area contributed by atoms with Gasteiger partial charge in [-0.2, -0.15) is 0 Å². The van der Waals surface area contributed by atoms with E-state index < -0.39 is 0 Å². The van der Waals surface area contributed by atoms with Gasteiger partial charge in [-0.05, 0) is 70.9 Å². The Bertz CT molecular complexity index is 1350. The lowest BCUT2D eigenvalue weighted by molar-refractivity contribution is -0.123. The summed E-state index contributed by atoms with van der Waals surface area (Å²) in [7, 11) is 1.52. The van der Waals surface area contributed by atoms with Gasteiger partial charge in [0, 0.05) is 0 Å². The van der Waals surface area contributed by atoms with E-state index in [0.717, 1.165) is 17.3 Å². The van der Waals surface area contributed by atoms with Crippen LogP contribution in [0.5, 0.6) is 11.5 Å². The first-order valence-electron chi connectivity index (χ1n) is 10.2. The second kappa shape index (κ2) is 11.1. The Balaban J connectivity index is 1.48. The highest BCUT2D eigenvalue weighted by molar-refractivity contribution is 8.18. The number of carbonyl (C=O) groups is 2. The third-order valence-corrected chi connectivity index (χ3v) is 7.45. The lowest BCUT2D eigenvalue weighted by atomic mass is 10.1. The van der Waals surface area contributed by atoms with E-state index in [9.17, 15) is 9.59 Å². The number of hydrogen-bond acceptors (Lipinski definition) is 5. The molecule has 1 aliphatic rings. The van der Waals surface area contributed by atoms with Crippen LogP contribution in [0.4, 0.5) is 4.79 Å². The minimum Gasteiger partial charge on any atom is -0.493 e. The molecule has 35 heavy (non-hydrogen) atoms. The van der Waals surface area contributed by atoms with Gasteiger partial charge in [0.25, 0.3) is 11.1 Å². The Labute approximate surface area is 226 Å². The van der Waals surface area contributed by atoms with E-state index in [1.807, 2.05) is 6.07 Å². The maximum atomic E-state index is 12.9. The van der Waals surface area contributed by atoms with E-state index in [1.165, 1.54) is 12.0 Å². The average Bonchev–Trinajstić information content (AvgIpc) is 3.09. The van der Waals surface area contributed by atoms with Crippen LogP contribution in [-0.4, -0.2) is 23.2 Å². The third-order valence-electron chi connectivity index (χ3n) is 5.06. The molecule has 0 N–H and O–H groups in total. The van der Waals surface area contributed by atoms with E-state index in [4.69, 9.17) is 55.9 Å². The van der Waals surface area contributed by atoms with Crippen molar-refractivity contribution >= 4 is 75.4 Å². The number of halogens is 4. The van der Waals surface area contributed by atoms with Crippen LogP contribution in [0.3, 0.4) is 0 Å². The number of nitrogens with zero attached hydrogens (tertiary/aromatic N) is 1. The molecule has 0 aliphatic carbocycles. The number of methoxy groups -OCH3 is 1. The summed E-state index contributed by atoms with van der Waals surface area (Å²) in [6.45, 7) is 0.365. The molecule has 4 rings (SSSR count). The molecule has 1 aliphatic heterocycles. The normalized spacial score (nSPS) is 14.7. The van der Waals surface area contributed by atoms with Gasteiger partial charge in [-0.3, -0.25) is 14.5 Å². The monoisotopic (exact) mass is 567 g/mol. The molecule has 0 bridgehead atoms. The number of rotatable bonds is 7. The van der Waals surface area contributed by atoms with Gasteiger partial charge in [-0.15, -0.1) is 0 Å². The first kappa shape index (κ1) is 25.7. The fourth-order valence-corrected chi connectivity index (χ4v) is 4.77. The van der Waals surface area contributed by atoms with Crippen LogP contribution < -0.4 is 9.47 Å². The fraction of sp³-hybridized carbons (Fsp3) is 0.120. The van der Waals surface area contributed by atoms with Gasteiger partial charge < -0.3 is 9.47 Å². The predicted octanol–water partition coefficient (Wildman–Crippen LogP) is 8.12. The van der Waals surface area contributed by atoms with Gasteiger partial charge in [-0.1, -0.05) is 64.6 Å². The summed E-state index contributed by atoms with van der Waals surface area (Å²) in [5, 5.41) is 1.32. The first-order valence-corrected chi connectivity index (χ1v) is 12.5. The summed E-state index contributed by atoms with van der Waals surface area (Å²) in [5.74, 6) is 0.613. The van der Waals surface area contributed by atoms with Crippen LogP contribution >= 0.6 is 58.2 Å². The van der Waals surface area contributed by atoms with E-state index in [2.05, 4.69) is 0 Å². The Morgan fingerprint density at radius 3 is 2.14 bits per heavy atom. The van der Waals surface area contributed by atoms with Crippen LogP contribution in [0, 0.1) is 0 Å². The molecule has 0 aromatic heterocycles. The molecule has 3 aromatic carbocycles. The number of amides is 2. The molecular formula is C25H17Cl4NO4S. The molecule has 1 heterocycles. The molecule has 1 saturated heterocycles. The van der Waals surface area contributed by atoms with Crippen molar-refractivity contribution < 1.29 is 19.1 Å². The second-order valence-corrected chi connectivity index (χ2v) is 10.1. The lowest BCUT2D eigenvalue weighted by Crippen LogP contribution is -2.27. The van der Waals surface area contributed by atoms with Crippen molar-refractivity contribution in [1.82, 2.24) is 4.90 Å². The molecule has 0 unspecified atom stereocenters. The maximum absolute atomic E-state index is 12.9. The maximum Gasteiger partial charge on any atom is 0.293 e. The minimum atomic E-state index is -0.384. The van der Waals surface area contributed by atoms with Crippen molar-refractivity contribution in [3.63, 3.8) is 0 Å². The van der Waals surface area contributed by atoms with Gasteiger partial charge >= 0.3 is 0 Å². The van der Waals surface area contributed by atoms with E-state index in [1.54, 1.807) is 54.6 Å². The summed E-state index contributed by atoms with van der Waals surface area (Å²) in [4.78, 5) is 26.9. The molecule has 10 heteroatoms. The van der Waals surface area contributed by atoms with Gasteiger partial charge in [-0.25, -0.2) is 0 Å². The SMILES string of the molecule is COc1cc(/C=C2\SC(=O)N(Cc3ccc(Cl)c(Cl)c3)C2=O)ccc1OCc1ccc(Cl)c(Cl)c1. The van der Waals surface area contributed by atoms with Crippen LogP contribution in [-0.2, 0) is 17.9 Å². The minimum absolute atomic E-state index is 0.101. The van der Waals surface area contributed by atoms with E-state index >= 15 is 0 Å². The highest BCUT2D eigenvalue weighted by Crippen LogP contribution is 2.36. The number of ether oxygens (including phenoxy) is 2. The summed E-state index contributed by atoms with van der Waals surface area (Å²) in [6, 6.07) is 15.5. The van der Waals surface area contributed by atoms with Crippen molar-refractivity contribution in [2.75, 3.05) is 7.11 Å². The predicted molar refractivity (Wildman–Crippen MR) is 142 cm³/mol. The molecular weight excluding hydrogens is 552 g/mol. The second-order valence-electron chi connectivity index (χ2n) is 7.46. The zero-order valence-electron chi connectivity index (χ0n) is 18.2. The molecule has 2 amide bonds. The van der Waals surface area contributed by atoms with Crippen molar-refractivity contribution in [3.05, 3.63) is 96.3 Å². The van der Waals surface area contributed by atoms with Gasteiger partial charge in [0.05, 0.1) is 38.7 Å². The van der Waals surface area contributed by atoms with Crippen molar-refractivity contribution in [2.24, 2.45) is 0 Å². The molecule has 0 saturated carbocycles. The quantitative estimate of drug-likeness (QED) is 0.269. The lowest BCUT2D eigenvalue weighted by Gasteiger charge is -2.13. The summed E-state index contributed by atoms with van der Waals surface area (Å²) < 4.78 is 11.3. The topological polar surface area (TPSA) is 55.8 Å². The average molecular weight is 569 g/mol. The Morgan fingerprint density at radius 2 is 1.49 bits per heavy atom. The standard InChI is InChI=1S/C25H17Cl4NO4S/c1-33-22-10-14(4-7-21(22)34-13-16-3-6-18(27)20(29)9-16)11-23-24(31)30(25(32)35-23)12-15-2-5-17(26)19(28)8-15/h2-11H,12-13H2,1H3/b23-11-. The zero-order chi connectivity index (χ0) is 25.1. The summed E-state index contributed by atoms with van der Waals surface area (Å²) in [6.07, 6.45) is 1.64. The highest BCUT2D eigenvalue weighted by Gasteiger charge is 2.35.